The van der Waals surface area contributed by atoms with E-state index in [0.29, 0.717) is 0 Å². The van der Waals surface area contributed by atoms with Gasteiger partial charge in [-0.05, 0) is 49.2 Å². The molecule has 1 amide bonds. The molecule has 20 heavy (non-hydrogen) atoms. The van der Waals surface area contributed by atoms with Crippen molar-refractivity contribution in [3.05, 3.63) is 59.4 Å². The molecule has 0 saturated carbocycles. The summed E-state index contributed by atoms with van der Waals surface area (Å²) in [5.74, 6) is -0.722. The van der Waals surface area contributed by atoms with E-state index >= 15 is 0 Å². The van der Waals surface area contributed by atoms with E-state index in [1.54, 1.807) is 12.1 Å². The van der Waals surface area contributed by atoms with Gasteiger partial charge < -0.3 is 10.6 Å². The largest absolute Gasteiger partial charge is 0.376 e. The van der Waals surface area contributed by atoms with E-state index in [1.165, 1.54) is 17.7 Å². The van der Waals surface area contributed by atoms with Gasteiger partial charge in [0.05, 0.1) is 12.2 Å². The molecule has 2 aromatic rings. The fraction of sp³-hybridized carbons (Fsp3) is 0.188. The second kappa shape index (κ2) is 6.19. The Kier molecular flexibility index (Phi) is 4.35. The number of carbonyl (C=O) groups excluding carboxylic acids is 1. The molecule has 0 unspecified atom stereocenters. The Bertz CT molecular complexity index is 626. The third kappa shape index (κ3) is 3.57. The van der Waals surface area contributed by atoms with Gasteiger partial charge in [-0.25, -0.2) is 4.39 Å². The number of hydrogen-bond acceptors (Lipinski definition) is 2. The second-order valence-electron chi connectivity index (χ2n) is 4.68. The minimum atomic E-state index is -0.438. The molecular weight excluding hydrogens is 255 g/mol. The lowest BCUT2D eigenvalue weighted by Gasteiger charge is -2.09. The van der Waals surface area contributed by atoms with Gasteiger partial charge in [-0.2, -0.15) is 0 Å². The summed E-state index contributed by atoms with van der Waals surface area (Å²) in [5.41, 5.74) is 3.42. The van der Waals surface area contributed by atoms with Gasteiger partial charge in [0.25, 0.3) is 0 Å². The van der Waals surface area contributed by atoms with Gasteiger partial charge in [0.2, 0.25) is 5.91 Å². The van der Waals surface area contributed by atoms with Crippen LogP contribution in [0.25, 0.3) is 0 Å². The summed E-state index contributed by atoms with van der Waals surface area (Å²) in [7, 11) is 0. The number of amides is 1. The maximum absolute atomic E-state index is 13.4. The Morgan fingerprint density at radius 3 is 2.55 bits per heavy atom. The summed E-state index contributed by atoms with van der Waals surface area (Å²) in [6, 6.07) is 12.0. The number of rotatable bonds is 4. The predicted molar refractivity (Wildman–Crippen MR) is 79.4 cm³/mol. The SMILES string of the molecule is Cc1ccc(NCC(=O)Nc2ccccc2F)cc1C. The van der Waals surface area contributed by atoms with Crippen molar-refractivity contribution in [1.29, 1.82) is 0 Å². The quantitative estimate of drug-likeness (QED) is 0.894. The highest BCUT2D eigenvalue weighted by atomic mass is 19.1. The van der Waals surface area contributed by atoms with Gasteiger partial charge in [-0.3, -0.25) is 4.79 Å². The molecule has 0 radical (unpaired) electrons. The van der Waals surface area contributed by atoms with Crippen LogP contribution < -0.4 is 10.6 Å². The summed E-state index contributed by atoms with van der Waals surface area (Å²) in [6.07, 6.45) is 0. The number of anilines is 2. The van der Waals surface area contributed by atoms with Gasteiger partial charge >= 0.3 is 0 Å². The van der Waals surface area contributed by atoms with Crippen LogP contribution in [0.1, 0.15) is 11.1 Å². The standard InChI is InChI=1S/C16H17FN2O/c1-11-7-8-13(9-12(11)2)18-10-16(20)19-15-6-4-3-5-14(15)17/h3-9,18H,10H2,1-2H3,(H,19,20). The number of aryl methyl sites for hydroxylation is 2. The molecule has 0 heterocycles. The van der Waals surface area contributed by atoms with Crippen LogP contribution in [0.2, 0.25) is 0 Å². The molecule has 2 N–H and O–H groups in total. The fourth-order valence-electron chi connectivity index (χ4n) is 1.79. The van der Waals surface area contributed by atoms with E-state index in [9.17, 15) is 9.18 Å². The molecular formula is C16H17FN2O. The summed E-state index contributed by atoms with van der Waals surface area (Å²) < 4.78 is 13.4. The maximum Gasteiger partial charge on any atom is 0.243 e. The smallest absolute Gasteiger partial charge is 0.243 e. The maximum atomic E-state index is 13.4. The van der Waals surface area contributed by atoms with Crippen LogP contribution in [0.4, 0.5) is 15.8 Å². The zero-order valence-electron chi connectivity index (χ0n) is 11.5. The third-order valence-corrected chi connectivity index (χ3v) is 3.11. The Morgan fingerprint density at radius 1 is 1.10 bits per heavy atom. The average Bonchev–Trinajstić information content (AvgIpc) is 2.43. The molecule has 2 rings (SSSR count). The van der Waals surface area contributed by atoms with Crippen LogP contribution in [0.15, 0.2) is 42.5 Å². The first-order valence-electron chi connectivity index (χ1n) is 6.42. The first kappa shape index (κ1) is 14.1. The molecule has 0 aliphatic heterocycles. The summed E-state index contributed by atoms with van der Waals surface area (Å²) >= 11 is 0. The lowest BCUT2D eigenvalue weighted by Crippen LogP contribution is -2.22. The minimum Gasteiger partial charge on any atom is -0.376 e. The number of para-hydroxylation sites is 1. The van der Waals surface area contributed by atoms with Crippen LogP contribution in [0, 0.1) is 19.7 Å². The lowest BCUT2D eigenvalue weighted by molar-refractivity contribution is -0.114. The van der Waals surface area contributed by atoms with E-state index in [4.69, 9.17) is 0 Å². The molecule has 0 bridgehead atoms. The number of carbonyl (C=O) groups is 1. The van der Waals surface area contributed by atoms with Crippen molar-refractivity contribution in [2.75, 3.05) is 17.2 Å². The van der Waals surface area contributed by atoms with Crippen molar-refractivity contribution >= 4 is 17.3 Å². The molecule has 0 fully saturated rings. The molecule has 0 atom stereocenters. The number of nitrogens with one attached hydrogen (secondary N) is 2. The average molecular weight is 272 g/mol. The molecule has 0 spiro atoms. The topological polar surface area (TPSA) is 41.1 Å². The Hall–Kier alpha value is -2.36. The van der Waals surface area contributed by atoms with Crippen LogP contribution in [0.3, 0.4) is 0 Å². The highest BCUT2D eigenvalue weighted by Crippen LogP contribution is 2.14. The van der Waals surface area contributed by atoms with E-state index in [-0.39, 0.29) is 18.1 Å². The van der Waals surface area contributed by atoms with Crippen molar-refractivity contribution < 1.29 is 9.18 Å². The molecule has 0 aliphatic carbocycles. The first-order valence-corrected chi connectivity index (χ1v) is 6.42. The van der Waals surface area contributed by atoms with E-state index in [1.807, 2.05) is 32.0 Å². The predicted octanol–water partition coefficient (Wildman–Crippen LogP) is 3.49. The Labute approximate surface area is 117 Å². The Morgan fingerprint density at radius 2 is 1.85 bits per heavy atom. The molecule has 104 valence electrons. The number of hydrogen-bond donors (Lipinski definition) is 2. The van der Waals surface area contributed by atoms with Crippen molar-refractivity contribution in [3.63, 3.8) is 0 Å². The zero-order valence-corrected chi connectivity index (χ0v) is 11.5. The monoisotopic (exact) mass is 272 g/mol. The first-order chi connectivity index (χ1) is 9.56. The van der Waals surface area contributed by atoms with Crippen molar-refractivity contribution in [1.82, 2.24) is 0 Å². The number of halogens is 1. The molecule has 0 saturated heterocycles. The molecule has 0 aromatic heterocycles. The molecule has 0 aliphatic rings. The van der Waals surface area contributed by atoms with Crippen molar-refractivity contribution in [2.45, 2.75) is 13.8 Å². The van der Waals surface area contributed by atoms with E-state index < -0.39 is 5.82 Å². The van der Waals surface area contributed by atoms with Gasteiger partial charge in [0.15, 0.2) is 0 Å². The zero-order chi connectivity index (χ0) is 14.5. The molecule has 4 heteroatoms. The van der Waals surface area contributed by atoms with Crippen LogP contribution in [-0.2, 0) is 4.79 Å². The summed E-state index contributed by atoms with van der Waals surface area (Å²) in [4.78, 5) is 11.7. The molecule has 2 aromatic carbocycles. The van der Waals surface area contributed by atoms with Gasteiger partial charge in [0.1, 0.15) is 5.82 Å². The van der Waals surface area contributed by atoms with Crippen LogP contribution in [0.5, 0.6) is 0 Å². The summed E-state index contributed by atoms with van der Waals surface area (Å²) in [5, 5.41) is 5.55. The van der Waals surface area contributed by atoms with Crippen LogP contribution in [-0.4, -0.2) is 12.5 Å². The third-order valence-electron chi connectivity index (χ3n) is 3.11. The fourth-order valence-corrected chi connectivity index (χ4v) is 1.79. The summed E-state index contributed by atoms with van der Waals surface area (Å²) in [6.45, 7) is 4.14. The highest BCUT2D eigenvalue weighted by Gasteiger charge is 2.06. The minimum absolute atomic E-state index is 0.0941. The van der Waals surface area contributed by atoms with E-state index in [0.717, 1.165) is 11.3 Å². The molecule has 3 nitrogen and oxygen atoms in total. The normalized spacial score (nSPS) is 10.2. The van der Waals surface area contributed by atoms with Gasteiger partial charge in [-0.15, -0.1) is 0 Å². The van der Waals surface area contributed by atoms with Crippen molar-refractivity contribution in [3.8, 4) is 0 Å². The number of benzene rings is 2. The van der Waals surface area contributed by atoms with Crippen molar-refractivity contribution in [2.24, 2.45) is 0 Å². The second-order valence-corrected chi connectivity index (χ2v) is 4.68. The van der Waals surface area contributed by atoms with Gasteiger partial charge in [0, 0.05) is 5.69 Å². The lowest BCUT2D eigenvalue weighted by atomic mass is 10.1. The highest BCUT2D eigenvalue weighted by molar-refractivity contribution is 5.93. The van der Waals surface area contributed by atoms with Crippen LogP contribution >= 0.6 is 0 Å². The van der Waals surface area contributed by atoms with E-state index in [2.05, 4.69) is 10.6 Å². The van der Waals surface area contributed by atoms with Gasteiger partial charge in [-0.1, -0.05) is 18.2 Å². The Balaban J connectivity index is 1.92.